The van der Waals surface area contributed by atoms with Crippen molar-refractivity contribution in [3.8, 4) is 5.75 Å². The summed E-state index contributed by atoms with van der Waals surface area (Å²) in [5, 5.41) is 5.11. The van der Waals surface area contributed by atoms with Crippen molar-refractivity contribution < 1.29 is 23.1 Å². The smallest absolute Gasteiger partial charge is 0.268 e. The third-order valence-electron chi connectivity index (χ3n) is 4.41. The Hall–Kier alpha value is -4.01. The van der Waals surface area contributed by atoms with Gasteiger partial charge in [0.15, 0.2) is 0 Å². The van der Waals surface area contributed by atoms with Gasteiger partial charge >= 0.3 is 0 Å². The molecule has 0 fully saturated rings. The first-order valence-electron chi connectivity index (χ1n) is 9.23. The maximum Gasteiger partial charge on any atom is 0.268 e. The van der Waals surface area contributed by atoms with Crippen molar-refractivity contribution in [3.63, 3.8) is 0 Å². The molecule has 160 valence electrons. The van der Waals surface area contributed by atoms with Crippen LogP contribution in [0, 0.1) is 11.6 Å². The fourth-order valence-corrected chi connectivity index (χ4v) is 2.83. The number of methoxy groups -OCH3 is 1. The third kappa shape index (κ3) is 5.53. The Bertz CT molecular complexity index is 1160. The van der Waals surface area contributed by atoms with Gasteiger partial charge in [-0.2, -0.15) is 0 Å². The Balaban J connectivity index is 1.72. The van der Waals surface area contributed by atoms with E-state index < -0.39 is 35.6 Å². The van der Waals surface area contributed by atoms with E-state index in [1.54, 1.807) is 24.3 Å². The first-order valence-corrected chi connectivity index (χ1v) is 9.23. The summed E-state index contributed by atoms with van der Waals surface area (Å²) in [5.41, 5.74) is -0.0465. The molecular weight excluding hydrogens is 408 g/mol. The third-order valence-corrected chi connectivity index (χ3v) is 4.41. The second-order valence-corrected chi connectivity index (χ2v) is 6.53. The Morgan fingerprint density at radius 2 is 1.77 bits per heavy atom. The van der Waals surface area contributed by atoms with Crippen LogP contribution in [0.4, 0.5) is 14.5 Å². The second-order valence-electron chi connectivity index (χ2n) is 6.53. The van der Waals surface area contributed by atoms with Crippen LogP contribution < -0.4 is 20.9 Å². The van der Waals surface area contributed by atoms with Gasteiger partial charge < -0.3 is 15.4 Å². The monoisotopic (exact) mass is 427 g/mol. The van der Waals surface area contributed by atoms with E-state index in [1.807, 2.05) is 0 Å². The molecule has 9 heteroatoms. The van der Waals surface area contributed by atoms with E-state index >= 15 is 0 Å². The lowest BCUT2D eigenvalue weighted by Crippen LogP contribution is -2.34. The zero-order valence-electron chi connectivity index (χ0n) is 16.5. The lowest BCUT2D eigenvalue weighted by molar-refractivity contribution is -0.116. The number of hydrogen-bond acceptors (Lipinski definition) is 4. The van der Waals surface area contributed by atoms with Crippen molar-refractivity contribution in [1.29, 1.82) is 0 Å². The van der Waals surface area contributed by atoms with Crippen molar-refractivity contribution >= 4 is 17.5 Å². The number of nitrogens with one attached hydrogen (secondary N) is 2. The predicted molar refractivity (Wildman–Crippen MR) is 110 cm³/mol. The van der Waals surface area contributed by atoms with Gasteiger partial charge in [0.1, 0.15) is 29.6 Å². The molecule has 0 aliphatic rings. The highest BCUT2D eigenvalue weighted by Gasteiger charge is 2.15. The number of nitrogens with zero attached hydrogens (tertiary/aromatic N) is 1. The Labute approximate surface area is 176 Å². The van der Waals surface area contributed by atoms with Gasteiger partial charge in [0.2, 0.25) is 5.91 Å². The number of carbonyl (C=O) groups excluding carboxylic acids is 2. The number of hydrogen-bond donors (Lipinski definition) is 2. The predicted octanol–water partition coefficient (Wildman–Crippen LogP) is 2.70. The van der Waals surface area contributed by atoms with Gasteiger partial charge in [0, 0.05) is 29.9 Å². The minimum Gasteiger partial charge on any atom is -0.497 e. The van der Waals surface area contributed by atoms with Gasteiger partial charge in [-0.3, -0.25) is 19.0 Å². The van der Waals surface area contributed by atoms with Crippen molar-refractivity contribution in [2.24, 2.45) is 0 Å². The number of pyridine rings is 1. The summed E-state index contributed by atoms with van der Waals surface area (Å²) in [6.07, 6.45) is 0. The molecule has 0 atom stereocenters. The van der Waals surface area contributed by atoms with E-state index in [1.165, 1.54) is 31.4 Å². The van der Waals surface area contributed by atoms with Crippen LogP contribution in [-0.4, -0.2) is 23.5 Å². The summed E-state index contributed by atoms with van der Waals surface area (Å²) >= 11 is 0. The molecular formula is C22H19F2N3O4. The normalized spacial score (nSPS) is 10.4. The summed E-state index contributed by atoms with van der Waals surface area (Å²) in [6, 6.07) is 13.6. The van der Waals surface area contributed by atoms with Gasteiger partial charge in [-0.05, 0) is 36.4 Å². The van der Waals surface area contributed by atoms with Gasteiger partial charge in [-0.15, -0.1) is 0 Å². The molecule has 31 heavy (non-hydrogen) atoms. The highest BCUT2D eigenvalue weighted by molar-refractivity contribution is 5.94. The largest absolute Gasteiger partial charge is 0.497 e. The molecule has 1 aromatic heterocycles. The molecule has 0 unspecified atom stereocenters. The molecule has 0 aliphatic heterocycles. The van der Waals surface area contributed by atoms with Gasteiger partial charge in [-0.1, -0.05) is 12.1 Å². The first-order chi connectivity index (χ1) is 14.9. The molecule has 0 saturated carbocycles. The Kier molecular flexibility index (Phi) is 6.76. The number of aromatic nitrogens is 1. The van der Waals surface area contributed by atoms with E-state index in [2.05, 4.69) is 10.6 Å². The van der Waals surface area contributed by atoms with E-state index in [4.69, 9.17) is 4.74 Å². The summed E-state index contributed by atoms with van der Waals surface area (Å²) in [4.78, 5) is 37.2. The van der Waals surface area contributed by atoms with E-state index in [0.29, 0.717) is 17.5 Å². The standard InChI is InChI=1S/C22H19F2N3O4/c1-31-17-9-7-16(8-10-17)26-20(28)13-27-19(3-2-4-21(27)29)22(30)25-12-14-5-6-15(23)11-18(14)24/h2-11H,12-13H2,1H3,(H,25,30)(H,26,28). The highest BCUT2D eigenvalue weighted by Crippen LogP contribution is 2.15. The lowest BCUT2D eigenvalue weighted by atomic mass is 10.2. The van der Waals surface area contributed by atoms with Crippen LogP contribution in [-0.2, 0) is 17.9 Å². The molecule has 0 spiro atoms. The first kappa shape index (κ1) is 21.7. The lowest BCUT2D eigenvalue weighted by Gasteiger charge is -2.13. The van der Waals surface area contributed by atoms with Crippen molar-refractivity contribution in [2.75, 3.05) is 12.4 Å². The SMILES string of the molecule is COc1ccc(NC(=O)Cn2c(C(=O)NCc3ccc(F)cc3F)cccc2=O)cc1. The van der Waals surface area contributed by atoms with Crippen LogP contribution in [0.3, 0.4) is 0 Å². The fraction of sp³-hybridized carbons (Fsp3) is 0.136. The van der Waals surface area contributed by atoms with Crippen LogP contribution in [0.15, 0.2) is 65.5 Å². The van der Waals surface area contributed by atoms with Gasteiger partial charge in [0.05, 0.1) is 7.11 Å². The summed E-state index contributed by atoms with van der Waals surface area (Å²) in [5.74, 6) is -2.11. The molecule has 2 amide bonds. The molecule has 0 saturated heterocycles. The number of ether oxygens (including phenoxy) is 1. The molecule has 2 N–H and O–H groups in total. The molecule has 3 rings (SSSR count). The molecule has 1 heterocycles. The van der Waals surface area contributed by atoms with Gasteiger partial charge in [-0.25, -0.2) is 8.78 Å². The zero-order valence-corrected chi connectivity index (χ0v) is 16.5. The van der Waals surface area contributed by atoms with E-state index in [0.717, 1.165) is 10.6 Å². The van der Waals surface area contributed by atoms with E-state index in [-0.39, 0.29) is 17.8 Å². The Morgan fingerprint density at radius 1 is 1.03 bits per heavy atom. The maximum absolute atomic E-state index is 13.8. The summed E-state index contributed by atoms with van der Waals surface area (Å²) in [6.45, 7) is -0.620. The van der Waals surface area contributed by atoms with E-state index in [9.17, 15) is 23.2 Å². The molecule has 7 nitrogen and oxygen atoms in total. The number of carbonyl (C=O) groups is 2. The zero-order chi connectivity index (χ0) is 22.4. The maximum atomic E-state index is 13.8. The van der Waals surface area contributed by atoms with Crippen LogP contribution >= 0.6 is 0 Å². The summed E-state index contributed by atoms with van der Waals surface area (Å²) < 4.78 is 32.8. The summed E-state index contributed by atoms with van der Waals surface area (Å²) in [7, 11) is 1.52. The number of halogens is 2. The molecule has 3 aromatic rings. The van der Waals surface area contributed by atoms with Crippen LogP contribution in [0.2, 0.25) is 0 Å². The fourth-order valence-electron chi connectivity index (χ4n) is 2.83. The van der Waals surface area contributed by atoms with Crippen LogP contribution in [0.5, 0.6) is 5.75 Å². The minimum atomic E-state index is -0.801. The highest BCUT2D eigenvalue weighted by atomic mass is 19.1. The molecule has 0 aliphatic carbocycles. The number of amides is 2. The molecule has 2 aromatic carbocycles. The quantitative estimate of drug-likeness (QED) is 0.607. The van der Waals surface area contributed by atoms with Crippen molar-refractivity contribution in [2.45, 2.75) is 13.1 Å². The second kappa shape index (κ2) is 9.66. The van der Waals surface area contributed by atoms with Crippen molar-refractivity contribution in [1.82, 2.24) is 9.88 Å². The Morgan fingerprint density at radius 3 is 2.45 bits per heavy atom. The number of anilines is 1. The minimum absolute atomic E-state index is 0.0695. The topological polar surface area (TPSA) is 89.4 Å². The van der Waals surface area contributed by atoms with Crippen LogP contribution in [0.25, 0.3) is 0 Å². The number of benzene rings is 2. The van der Waals surface area contributed by atoms with Gasteiger partial charge in [0.25, 0.3) is 11.5 Å². The average molecular weight is 427 g/mol. The van der Waals surface area contributed by atoms with Crippen LogP contribution in [0.1, 0.15) is 16.1 Å². The molecule has 0 radical (unpaired) electrons. The molecule has 0 bridgehead atoms. The van der Waals surface area contributed by atoms with Crippen molar-refractivity contribution in [3.05, 3.63) is 93.9 Å². The average Bonchev–Trinajstić information content (AvgIpc) is 2.75. The number of rotatable bonds is 7.